The van der Waals surface area contributed by atoms with E-state index in [9.17, 15) is 9.59 Å². The van der Waals surface area contributed by atoms with Gasteiger partial charge in [0.15, 0.2) is 16.7 Å². The number of hydrogen-bond donors (Lipinski definition) is 1. The van der Waals surface area contributed by atoms with E-state index in [2.05, 4.69) is 5.32 Å². The summed E-state index contributed by atoms with van der Waals surface area (Å²) in [6, 6.07) is 16.8. The van der Waals surface area contributed by atoms with Gasteiger partial charge in [-0.2, -0.15) is 0 Å². The van der Waals surface area contributed by atoms with Crippen LogP contribution in [-0.4, -0.2) is 48.1 Å². The molecule has 0 unspecified atom stereocenters. The molecule has 3 aromatic carbocycles. The fourth-order valence-corrected chi connectivity index (χ4v) is 5.47. The van der Waals surface area contributed by atoms with Crippen molar-refractivity contribution < 1.29 is 28.5 Å². The van der Waals surface area contributed by atoms with E-state index >= 15 is 0 Å². The number of carbonyl (C=O) groups excluding carboxylic acids is 2. The Hall–Kier alpha value is -4.18. The van der Waals surface area contributed by atoms with Crippen LogP contribution in [0.15, 0.2) is 59.6 Å². The maximum absolute atomic E-state index is 13.7. The highest BCUT2D eigenvalue weighted by molar-refractivity contribution is 8.15. The minimum Gasteiger partial charge on any atom is -0.497 e. The Morgan fingerprint density at radius 1 is 1.05 bits per heavy atom. The van der Waals surface area contributed by atoms with E-state index in [0.717, 1.165) is 22.4 Å². The molecule has 5 rings (SSSR count). The number of ether oxygens (including phenoxy) is 4. The Balaban J connectivity index is 1.40. The second kappa shape index (κ2) is 11.3. The first-order chi connectivity index (χ1) is 18.8. The van der Waals surface area contributed by atoms with Gasteiger partial charge in [0.1, 0.15) is 16.7 Å². The number of amides is 2. The molecule has 1 fully saturated rings. The summed E-state index contributed by atoms with van der Waals surface area (Å²) in [6.45, 7) is 4.44. The molecule has 2 aliphatic heterocycles. The first-order valence-electron chi connectivity index (χ1n) is 12.4. The van der Waals surface area contributed by atoms with Crippen LogP contribution >= 0.6 is 11.8 Å². The lowest BCUT2D eigenvalue weighted by atomic mass is 10.1. The Bertz CT molecular complexity index is 1460. The molecule has 1 atom stereocenters. The highest BCUT2D eigenvalue weighted by Crippen LogP contribution is 2.37. The number of nitrogens with zero attached hydrogens (tertiary/aromatic N) is 2. The molecule has 10 heteroatoms. The van der Waals surface area contributed by atoms with Gasteiger partial charge in [-0.15, -0.1) is 0 Å². The number of fused-ring (bicyclic) bond motifs is 1. The fraction of sp³-hybridized carbons (Fsp3) is 0.276. The molecule has 0 aliphatic carbocycles. The molecule has 2 amide bonds. The molecule has 0 spiro atoms. The van der Waals surface area contributed by atoms with E-state index in [1.807, 2.05) is 50.2 Å². The third-order valence-corrected chi connectivity index (χ3v) is 7.61. The van der Waals surface area contributed by atoms with Crippen molar-refractivity contribution in [2.45, 2.75) is 32.1 Å². The number of anilines is 1. The first kappa shape index (κ1) is 26.4. The van der Waals surface area contributed by atoms with Gasteiger partial charge in [0.05, 0.1) is 32.1 Å². The minimum atomic E-state index is -0.639. The van der Waals surface area contributed by atoms with Crippen molar-refractivity contribution in [3.8, 4) is 23.0 Å². The molecule has 0 bridgehead atoms. The Morgan fingerprint density at radius 2 is 1.87 bits per heavy atom. The van der Waals surface area contributed by atoms with Crippen LogP contribution in [0.5, 0.6) is 23.0 Å². The maximum Gasteiger partial charge on any atom is 0.242 e. The first-order valence-corrected chi connectivity index (χ1v) is 13.3. The van der Waals surface area contributed by atoms with Crippen molar-refractivity contribution >= 4 is 40.1 Å². The van der Waals surface area contributed by atoms with E-state index < -0.39 is 5.25 Å². The number of hydrogen-bond acceptors (Lipinski definition) is 8. The van der Waals surface area contributed by atoms with Crippen LogP contribution < -0.4 is 24.3 Å². The molecule has 39 heavy (non-hydrogen) atoms. The van der Waals surface area contributed by atoms with Gasteiger partial charge in [-0.05, 0) is 60.9 Å². The monoisotopic (exact) mass is 547 g/mol. The van der Waals surface area contributed by atoms with Gasteiger partial charge < -0.3 is 24.3 Å². The summed E-state index contributed by atoms with van der Waals surface area (Å²) in [4.78, 5) is 33.2. The summed E-state index contributed by atoms with van der Waals surface area (Å²) >= 11 is 1.29. The zero-order chi connectivity index (χ0) is 27.5. The van der Waals surface area contributed by atoms with E-state index in [-0.39, 0.29) is 31.6 Å². The summed E-state index contributed by atoms with van der Waals surface area (Å²) in [6.07, 6.45) is -0.0344. The highest BCUT2D eigenvalue weighted by atomic mass is 32.2. The molecule has 1 N–H and O–H groups in total. The lowest BCUT2D eigenvalue weighted by Gasteiger charge is -2.17. The Morgan fingerprint density at radius 3 is 2.67 bits per heavy atom. The maximum atomic E-state index is 13.7. The molecule has 0 saturated carbocycles. The minimum absolute atomic E-state index is 0.0344. The number of carbonyl (C=O) groups is 2. The van der Waals surface area contributed by atoms with Crippen LogP contribution in [0.4, 0.5) is 11.4 Å². The molecule has 0 radical (unpaired) electrons. The van der Waals surface area contributed by atoms with Crippen molar-refractivity contribution in [1.29, 1.82) is 0 Å². The van der Waals surface area contributed by atoms with Crippen molar-refractivity contribution in [2.75, 3.05) is 26.3 Å². The van der Waals surface area contributed by atoms with Crippen LogP contribution in [0.2, 0.25) is 0 Å². The molecule has 9 nitrogen and oxygen atoms in total. The number of aryl methyl sites for hydroxylation is 2. The lowest BCUT2D eigenvalue weighted by Crippen LogP contribution is -2.33. The third kappa shape index (κ3) is 5.80. The predicted molar refractivity (Wildman–Crippen MR) is 150 cm³/mol. The van der Waals surface area contributed by atoms with Crippen molar-refractivity contribution in [1.82, 2.24) is 4.90 Å². The number of nitrogens with one attached hydrogen (secondary N) is 1. The number of benzene rings is 3. The topological polar surface area (TPSA) is 98.7 Å². The molecule has 2 aliphatic rings. The van der Waals surface area contributed by atoms with Crippen LogP contribution in [0.3, 0.4) is 0 Å². The standard InChI is InChI=1S/C29H29N3O6S/c1-17-5-6-18(2)21(11-17)31-29-32(15-19-7-9-24-25(12-19)38-16-37-24)28(34)26(39-29)14-27(33)30-22-13-20(35-3)8-10-23(22)36-4/h5-13,26H,14-16H2,1-4H3,(H,30,33)/t26-/m1/s1. The van der Waals surface area contributed by atoms with E-state index in [1.54, 1.807) is 30.2 Å². The van der Waals surface area contributed by atoms with Gasteiger partial charge >= 0.3 is 0 Å². The lowest BCUT2D eigenvalue weighted by molar-refractivity contribution is -0.128. The Kier molecular flexibility index (Phi) is 7.65. The fourth-order valence-electron chi connectivity index (χ4n) is 4.32. The molecule has 202 valence electrons. The summed E-state index contributed by atoms with van der Waals surface area (Å²) in [5, 5.41) is 2.76. The number of aliphatic imine (C=N–C) groups is 1. The summed E-state index contributed by atoms with van der Waals surface area (Å²) in [5.41, 5.74) is 4.19. The zero-order valence-electron chi connectivity index (χ0n) is 22.1. The number of thioether (sulfide) groups is 1. The summed E-state index contributed by atoms with van der Waals surface area (Å²) in [5.74, 6) is 1.89. The molecule has 2 heterocycles. The predicted octanol–water partition coefficient (Wildman–Crippen LogP) is 5.21. The second-order valence-corrected chi connectivity index (χ2v) is 10.4. The number of methoxy groups -OCH3 is 2. The zero-order valence-corrected chi connectivity index (χ0v) is 23.0. The normalized spacial score (nSPS) is 17.0. The second-order valence-electron chi connectivity index (χ2n) is 9.22. The van der Waals surface area contributed by atoms with Crippen molar-refractivity contribution in [2.24, 2.45) is 4.99 Å². The van der Waals surface area contributed by atoms with E-state index in [1.165, 1.54) is 18.9 Å². The van der Waals surface area contributed by atoms with Gasteiger partial charge in [0.2, 0.25) is 18.6 Å². The molecule has 1 saturated heterocycles. The third-order valence-electron chi connectivity index (χ3n) is 6.43. The van der Waals surface area contributed by atoms with E-state index in [4.69, 9.17) is 23.9 Å². The van der Waals surface area contributed by atoms with Gasteiger partial charge in [0, 0.05) is 12.5 Å². The Labute approximate surface area is 231 Å². The van der Waals surface area contributed by atoms with Crippen LogP contribution in [0.25, 0.3) is 0 Å². The highest BCUT2D eigenvalue weighted by Gasteiger charge is 2.39. The number of amidine groups is 1. The summed E-state index contributed by atoms with van der Waals surface area (Å²) < 4.78 is 21.6. The quantitative estimate of drug-likeness (QED) is 0.413. The largest absolute Gasteiger partial charge is 0.497 e. The van der Waals surface area contributed by atoms with Gasteiger partial charge in [-0.1, -0.05) is 30.0 Å². The van der Waals surface area contributed by atoms with Gasteiger partial charge in [-0.25, -0.2) is 4.99 Å². The van der Waals surface area contributed by atoms with Gasteiger partial charge in [0.25, 0.3) is 0 Å². The average Bonchev–Trinajstić information content (AvgIpc) is 3.50. The van der Waals surface area contributed by atoms with Crippen molar-refractivity contribution in [3.05, 3.63) is 71.3 Å². The van der Waals surface area contributed by atoms with Crippen LogP contribution in [0.1, 0.15) is 23.1 Å². The van der Waals surface area contributed by atoms with Crippen molar-refractivity contribution in [3.63, 3.8) is 0 Å². The number of rotatable bonds is 8. The molecule has 3 aromatic rings. The van der Waals surface area contributed by atoms with Gasteiger partial charge in [-0.3, -0.25) is 14.5 Å². The average molecular weight is 548 g/mol. The summed E-state index contributed by atoms with van der Waals surface area (Å²) in [7, 11) is 3.07. The van der Waals surface area contributed by atoms with Crippen LogP contribution in [-0.2, 0) is 16.1 Å². The smallest absolute Gasteiger partial charge is 0.242 e. The molecular formula is C29H29N3O6S. The SMILES string of the molecule is COc1ccc(OC)c(NC(=O)C[C@H]2SC(=Nc3cc(C)ccc3C)N(Cc3ccc4c(c3)OCO4)C2=O)c1. The van der Waals surface area contributed by atoms with Crippen LogP contribution in [0, 0.1) is 13.8 Å². The van der Waals surface area contributed by atoms with E-state index in [0.29, 0.717) is 33.9 Å². The molecule has 0 aromatic heterocycles. The molecular weight excluding hydrogens is 518 g/mol.